The lowest BCUT2D eigenvalue weighted by molar-refractivity contribution is -0.161. The molecule has 18 heteroatoms. The van der Waals surface area contributed by atoms with Crippen LogP contribution in [0.4, 0.5) is 0 Å². The highest BCUT2D eigenvalue weighted by molar-refractivity contribution is 7.47. The van der Waals surface area contributed by atoms with Gasteiger partial charge in [0.2, 0.25) is 0 Å². The first-order valence-electron chi connectivity index (χ1n) is 49.4. The molecule has 16 nitrogen and oxygen atoms in total. The monoisotopic (exact) mass is 1760 g/mol. The molecule has 0 aromatic rings. The van der Waals surface area contributed by atoms with Gasteiger partial charge in [-0.15, -0.1) is 0 Å². The number of rotatable bonds is 93. The Kier molecular flexibility index (Phi) is 92.0. The second kappa shape index (κ2) is 96.0. The van der Waals surface area contributed by atoms with Gasteiger partial charge in [-0.05, 0) is 161 Å². The van der Waals surface area contributed by atoms with Crippen LogP contribution in [0.3, 0.4) is 0 Å². The van der Waals surface area contributed by atoms with Gasteiger partial charge in [0.05, 0.1) is 26.4 Å². The number of hydrogen-bond acceptors (Lipinski definition) is 14. The number of aliphatic hydroxyl groups is 2. The minimum Gasteiger partial charge on any atom is -0.463 e. The maximum absolute atomic E-state index is 13.1. The number of aliphatic hydroxyl groups excluding tert-OH is 2. The molecule has 706 valence electrons. The van der Waals surface area contributed by atoms with E-state index in [1.807, 2.05) is 0 Å². The quantitative estimate of drug-likeness (QED) is 0.0146. The van der Waals surface area contributed by atoms with E-state index in [1.165, 1.54) is 193 Å². The van der Waals surface area contributed by atoms with Crippen molar-refractivity contribution in [2.24, 2.45) is 0 Å². The van der Waals surface area contributed by atoms with Crippen LogP contribution in [0.1, 0.15) is 419 Å². The summed E-state index contributed by atoms with van der Waals surface area (Å²) in [7, 11) is -9.82. The van der Waals surface area contributed by atoms with Crippen molar-refractivity contribution in [3.8, 4) is 0 Å². The minimum absolute atomic E-state index is 0.0795. The maximum Gasteiger partial charge on any atom is 0.472 e. The molecule has 0 saturated heterocycles. The van der Waals surface area contributed by atoms with Crippen molar-refractivity contribution in [2.45, 2.75) is 437 Å². The summed E-state index contributed by atoms with van der Waals surface area (Å²) in [6, 6.07) is 0. The summed E-state index contributed by atoms with van der Waals surface area (Å²) in [5, 5.41) is 20.8. The van der Waals surface area contributed by atoms with E-state index >= 15 is 0 Å². The van der Waals surface area contributed by atoms with Crippen molar-refractivity contribution in [3.63, 3.8) is 0 Å². The number of unbranched alkanes of at least 4 members (excludes halogenated alkanes) is 42. The Bertz CT molecular complexity index is 2920. The number of carbonyl (C=O) groups is 3. The molecule has 0 aromatic heterocycles. The van der Waals surface area contributed by atoms with Crippen molar-refractivity contribution in [1.29, 1.82) is 0 Å². The Morgan fingerprint density at radius 3 is 0.683 bits per heavy atom. The molecule has 5 atom stereocenters. The van der Waals surface area contributed by atoms with Crippen LogP contribution in [0.5, 0.6) is 0 Å². The maximum atomic E-state index is 13.1. The molecule has 0 aromatic carbocycles. The van der Waals surface area contributed by atoms with Crippen LogP contribution in [0.25, 0.3) is 0 Å². The molecule has 0 fully saturated rings. The fraction of sp³-hybridized carbons (Fsp3) is 0.705. The molecule has 0 aliphatic carbocycles. The Balaban J connectivity index is 4.55. The third kappa shape index (κ3) is 97.4. The van der Waals surface area contributed by atoms with Gasteiger partial charge in [-0.25, -0.2) is 9.13 Å². The summed E-state index contributed by atoms with van der Waals surface area (Å²) in [6.07, 6.45) is 126. The van der Waals surface area contributed by atoms with Gasteiger partial charge in [0.15, 0.2) is 6.10 Å². The fourth-order valence-electron chi connectivity index (χ4n) is 13.4. The second-order valence-electron chi connectivity index (χ2n) is 32.8. The number of phosphoric ester groups is 2. The van der Waals surface area contributed by atoms with Gasteiger partial charge in [0.25, 0.3) is 0 Å². The lowest BCUT2D eigenvalue weighted by Crippen LogP contribution is -2.30. The van der Waals surface area contributed by atoms with Gasteiger partial charge in [0.1, 0.15) is 25.4 Å². The zero-order chi connectivity index (χ0) is 89.3. The normalized spacial score (nSPS) is 14.4. The van der Waals surface area contributed by atoms with E-state index in [9.17, 15) is 43.5 Å². The summed E-state index contributed by atoms with van der Waals surface area (Å²) < 4.78 is 61.6. The van der Waals surface area contributed by atoms with Crippen LogP contribution in [0.2, 0.25) is 0 Å². The Morgan fingerprint density at radius 2 is 0.431 bits per heavy atom. The minimum atomic E-state index is -4.95. The Morgan fingerprint density at radius 1 is 0.236 bits per heavy atom. The van der Waals surface area contributed by atoms with Crippen LogP contribution in [-0.2, 0) is 55.8 Å². The molecule has 0 rings (SSSR count). The van der Waals surface area contributed by atoms with Crippen LogP contribution in [-0.4, -0.2) is 95.9 Å². The molecule has 0 spiro atoms. The molecule has 4 N–H and O–H groups in total. The Hall–Kier alpha value is -5.09. The molecule has 0 bridgehead atoms. The summed E-state index contributed by atoms with van der Waals surface area (Å²) in [4.78, 5) is 59.1. The zero-order valence-corrected chi connectivity index (χ0v) is 79.9. The number of esters is 3. The van der Waals surface area contributed by atoms with Gasteiger partial charge in [-0.1, -0.05) is 409 Å². The first-order valence-corrected chi connectivity index (χ1v) is 52.4. The lowest BCUT2D eigenvalue weighted by atomic mass is 10.0. The summed E-state index contributed by atoms with van der Waals surface area (Å²) in [5.74, 6) is -1.59. The van der Waals surface area contributed by atoms with Gasteiger partial charge in [-0.2, -0.15) is 0 Å². The molecular weight excluding hydrogens is 1580 g/mol. The molecule has 123 heavy (non-hydrogen) atoms. The molecular formula is C105H180O16P2. The number of phosphoric acid groups is 2. The SMILES string of the molecule is CC/C=C\C/C=C\C/C=C\C/C=C\C/C=C\C/C=C\CCCCCCCCCCCCCCC(=O)OCC(COP(=O)(O)OCC(O)COP(=O)(O)OCC(O)COC(=O)CCCCCCCCCCCCCCCCCCCCC/C=C\C/C=C\C/C=C\C/C=C\CCCCC)OC(=O)CCCCCCC/C=C\C/C=C\C/C=C\C/C=C\CCCCC. The van der Waals surface area contributed by atoms with Crippen LogP contribution in [0, 0.1) is 0 Å². The van der Waals surface area contributed by atoms with E-state index in [-0.39, 0.29) is 19.3 Å². The van der Waals surface area contributed by atoms with Crippen LogP contribution < -0.4 is 0 Å². The van der Waals surface area contributed by atoms with Gasteiger partial charge in [0, 0.05) is 19.3 Å². The summed E-state index contributed by atoms with van der Waals surface area (Å²) >= 11 is 0. The molecule has 5 unspecified atom stereocenters. The topological polar surface area (TPSA) is 231 Å². The first kappa shape index (κ1) is 118. The standard InChI is InChI=1S/C105H180O16P2/c1-4-7-10-13-16-19-22-25-28-31-34-37-39-41-43-45-47-48-49-50-52-54-55-57-59-62-64-67-70-73-76-79-82-85-88-91-103(108)115-94-100(106)95-117-122(111,112)118-96-101(107)97-119-123(113,114)120-99-102(121-105(110)93-90-87-84-81-78-75-72-69-66-61-36-33-30-27-24-21-18-15-12-9-6-3)98-116-104(109)92-89-86-83-80-77-74-71-68-65-63-60-58-56-53-51-46-44-42-40-38-35-32-29-26-23-20-17-14-11-8-5-2/h8,11,16-21,25-30,34-38,41-44,51,53,61,69,72,100-102,106-107H,4-7,9-10,12-15,22-24,31-33,39-40,45-50,52,54-60,62-68,70-71,73-99H2,1-3H3,(H,111,112)(H,113,114)/b11-8-,19-16-,20-17-,21-18-,28-25-,29-26-,30-27-,37-34-,38-35-,43-41-,44-42-,53-51-,61-36-,72-69-. The third-order valence-corrected chi connectivity index (χ3v) is 22.8. The Labute approximate surface area is 752 Å². The van der Waals surface area contributed by atoms with Crippen molar-refractivity contribution in [1.82, 2.24) is 0 Å². The lowest BCUT2D eigenvalue weighted by Gasteiger charge is -2.21. The highest BCUT2D eigenvalue weighted by Crippen LogP contribution is 2.45. The van der Waals surface area contributed by atoms with E-state index in [0.717, 1.165) is 167 Å². The smallest absolute Gasteiger partial charge is 0.463 e. The van der Waals surface area contributed by atoms with Crippen molar-refractivity contribution in [2.75, 3.05) is 39.6 Å². The third-order valence-electron chi connectivity index (χ3n) is 20.9. The average Bonchev–Trinajstić information content (AvgIpc) is 0.892. The molecule has 0 amide bonds. The number of allylic oxidation sites excluding steroid dienone is 28. The molecule has 0 radical (unpaired) electrons. The predicted molar refractivity (Wildman–Crippen MR) is 519 cm³/mol. The second-order valence-corrected chi connectivity index (χ2v) is 35.7. The average molecular weight is 1760 g/mol. The zero-order valence-electron chi connectivity index (χ0n) is 78.1. The molecule has 0 saturated carbocycles. The number of carbonyl (C=O) groups excluding carboxylic acids is 3. The molecule has 0 aliphatic rings. The highest BCUT2D eigenvalue weighted by Gasteiger charge is 2.30. The van der Waals surface area contributed by atoms with Crippen LogP contribution >= 0.6 is 15.6 Å². The predicted octanol–water partition coefficient (Wildman–Crippen LogP) is 31.0. The van der Waals surface area contributed by atoms with Crippen LogP contribution in [0.15, 0.2) is 170 Å². The first-order chi connectivity index (χ1) is 60.2. The van der Waals surface area contributed by atoms with E-state index in [1.54, 1.807) is 0 Å². The van der Waals surface area contributed by atoms with Crippen molar-refractivity contribution < 1.29 is 75.8 Å². The van der Waals surface area contributed by atoms with E-state index in [4.69, 9.17) is 32.3 Å². The van der Waals surface area contributed by atoms with Gasteiger partial charge < -0.3 is 34.2 Å². The van der Waals surface area contributed by atoms with E-state index < -0.39 is 91.5 Å². The summed E-state index contributed by atoms with van der Waals surface area (Å²) in [5.41, 5.74) is 0. The fourth-order valence-corrected chi connectivity index (χ4v) is 15.0. The van der Waals surface area contributed by atoms with E-state index in [0.29, 0.717) is 19.3 Å². The largest absolute Gasteiger partial charge is 0.472 e. The van der Waals surface area contributed by atoms with Gasteiger partial charge in [-0.3, -0.25) is 32.5 Å². The molecule has 0 aliphatic heterocycles. The van der Waals surface area contributed by atoms with Crippen molar-refractivity contribution >= 4 is 33.6 Å². The number of hydrogen-bond donors (Lipinski definition) is 4. The van der Waals surface area contributed by atoms with Gasteiger partial charge >= 0.3 is 33.6 Å². The van der Waals surface area contributed by atoms with E-state index in [2.05, 4.69) is 191 Å². The summed E-state index contributed by atoms with van der Waals surface area (Å²) in [6.45, 7) is 2.54. The van der Waals surface area contributed by atoms with Crippen molar-refractivity contribution in [3.05, 3.63) is 170 Å². The number of ether oxygens (including phenoxy) is 3. The highest BCUT2D eigenvalue weighted by atomic mass is 31.2. The molecule has 0 heterocycles.